The van der Waals surface area contributed by atoms with Crippen LogP contribution >= 0.6 is 0 Å². The number of nitrogens with zero attached hydrogens (tertiary/aromatic N) is 2. The predicted octanol–water partition coefficient (Wildman–Crippen LogP) is 1.70. The first-order valence-corrected chi connectivity index (χ1v) is 9.49. The molecule has 0 aromatic rings. The van der Waals surface area contributed by atoms with Gasteiger partial charge in [-0.25, -0.2) is 0 Å². The lowest BCUT2D eigenvalue weighted by molar-refractivity contribution is 0.204. The van der Waals surface area contributed by atoms with Crippen molar-refractivity contribution in [3.8, 4) is 0 Å². The van der Waals surface area contributed by atoms with Crippen molar-refractivity contribution < 1.29 is 8.42 Å². The summed E-state index contributed by atoms with van der Waals surface area (Å²) in [5.74, 6) is 0. The van der Waals surface area contributed by atoms with E-state index in [1.807, 2.05) is 6.92 Å². The van der Waals surface area contributed by atoms with Gasteiger partial charge < -0.3 is 5.73 Å². The second kappa shape index (κ2) is 7.20. The molecule has 118 valence electrons. The number of hydrogen-bond donors (Lipinski definition) is 1. The SMILES string of the molecule is CCN(C1CCCCC1)S(=O)(=O)N1CCCCC1CN. The molecule has 1 aliphatic heterocycles. The average molecular weight is 303 g/mol. The van der Waals surface area contributed by atoms with Gasteiger partial charge in [-0.1, -0.05) is 32.6 Å². The molecule has 20 heavy (non-hydrogen) atoms. The molecule has 5 nitrogen and oxygen atoms in total. The second-order valence-corrected chi connectivity index (χ2v) is 7.83. The summed E-state index contributed by atoms with van der Waals surface area (Å²) >= 11 is 0. The molecule has 1 atom stereocenters. The molecule has 1 unspecified atom stereocenters. The second-order valence-electron chi connectivity index (χ2n) is 6.00. The Bertz CT molecular complexity index is 393. The van der Waals surface area contributed by atoms with Gasteiger partial charge in [0.15, 0.2) is 0 Å². The number of piperidine rings is 1. The maximum Gasteiger partial charge on any atom is 0.282 e. The first-order valence-electron chi connectivity index (χ1n) is 8.10. The van der Waals surface area contributed by atoms with E-state index in [0.717, 1.165) is 44.9 Å². The Balaban J connectivity index is 2.16. The molecule has 2 rings (SSSR count). The smallest absolute Gasteiger partial charge is 0.282 e. The summed E-state index contributed by atoms with van der Waals surface area (Å²) < 4.78 is 29.4. The molecular weight excluding hydrogens is 274 g/mol. The van der Waals surface area contributed by atoms with Crippen LogP contribution in [0.1, 0.15) is 58.3 Å². The predicted molar refractivity (Wildman–Crippen MR) is 81.6 cm³/mol. The number of hydrogen-bond acceptors (Lipinski definition) is 3. The van der Waals surface area contributed by atoms with Crippen LogP contribution in [-0.2, 0) is 10.2 Å². The van der Waals surface area contributed by atoms with Crippen LogP contribution in [-0.4, -0.2) is 48.7 Å². The van der Waals surface area contributed by atoms with Gasteiger partial charge in [-0.15, -0.1) is 0 Å². The minimum Gasteiger partial charge on any atom is -0.329 e. The van der Waals surface area contributed by atoms with Gasteiger partial charge in [0.2, 0.25) is 0 Å². The molecule has 1 heterocycles. The van der Waals surface area contributed by atoms with Crippen LogP contribution in [0.5, 0.6) is 0 Å². The van der Waals surface area contributed by atoms with E-state index >= 15 is 0 Å². The molecule has 0 bridgehead atoms. The Morgan fingerprint density at radius 2 is 1.75 bits per heavy atom. The highest BCUT2D eigenvalue weighted by molar-refractivity contribution is 7.86. The van der Waals surface area contributed by atoms with Crippen LogP contribution in [0.15, 0.2) is 0 Å². The highest BCUT2D eigenvalue weighted by Crippen LogP contribution is 2.28. The summed E-state index contributed by atoms with van der Waals surface area (Å²) in [6.45, 7) is 3.59. The third kappa shape index (κ3) is 3.35. The standard InChI is InChI=1S/C14H29N3O2S/c1-2-16(13-8-4-3-5-9-13)20(18,19)17-11-7-6-10-14(17)12-15/h13-14H,2-12,15H2,1H3. The van der Waals surface area contributed by atoms with Gasteiger partial charge in [-0.3, -0.25) is 0 Å². The van der Waals surface area contributed by atoms with Gasteiger partial charge in [0.25, 0.3) is 10.2 Å². The van der Waals surface area contributed by atoms with Crippen molar-refractivity contribution in [2.75, 3.05) is 19.6 Å². The minimum atomic E-state index is -3.35. The first kappa shape index (κ1) is 16.2. The Hall–Kier alpha value is -0.170. The summed E-state index contributed by atoms with van der Waals surface area (Å²) in [4.78, 5) is 0. The fourth-order valence-electron chi connectivity index (χ4n) is 3.63. The monoisotopic (exact) mass is 303 g/mol. The van der Waals surface area contributed by atoms with Crippen molar-refractivity contribution in [1.29, 1.82) is 0 Å². The van der Waals surface area contributed by atoms with Crippen LogP contribution in [0.2, 0.25) is 0 Å². The molecule has 2 N–H and O–H groups in total. The molecule has 1 saturated heterocycles. The van der Waals surface area contributed by atoms with E-state index in [1.165, 1.54) is 6.42 Å². The van der Waals surface area contributed by atoms with E-state index in [4.69, 9.17) is 5.73 Å². The maximum atomic E-state index is 13.0. The summed E-state index contributed by atoms with van der Waals surface area (Å²) in [6.07, 6.45) is 8.50. The van der Waals surface area contributed by atoms with E-state index in [0.29, 0.717) is 19.6 Å². The quantitative estimate of drug-likeness (QED) is 0.840. The molecule has 0 aromatic carbocycles. The Morgan fingerprint density at radius 3 is 2.35 bits per heavy atom. The summed E-state index contributed by atoms with van der Waals surface area (Å²) in [7, 11) is -3.35. The van der Waals surface area contributed by atoms with E-state index in [1.54, 1.807) is 8.61 Å². The molecule has 0 aromatic heterocycles. The van der Waals surface area contributed by atoms with Gasteiger partial charge in [-0.05, 0) is 25.7 Å². The zero-order chi connectivity index (χ0) is 14.6. The van der Waals surface area contributed by atoms with Gasteiger partial charge in [-0.2, -0.15) is 17.0 Å². The van der Waals surface area contributed by atoms with Crippen molar-refractivity contribution >= 4 is 10.2 Å². The van der Waals surface area contributed by atoms with Gasteiger partial charge in [0.1, 0.15) is 0 Å². The third-order valence-corrected chi connectivity index (χ3v) is 6.95. The van der Waals surface area contributed by atoms with Gasteiger partial charge in [0.05, 0.1) is 0 Å². The molecule has 1 saturated carbocycles. The highest BCUT2D eigenvalue weighted by Gasteiger charge is 2.38. The Kier molecular flexibility index (Phi) is 5.84. The summed E-state index contributed by atoms with van der Waals surface area (Å²) in [5, 5.41) is 0. The molecule has 0 spiro atoms. The van der Waals surface area contributed by atoms with Gasteiger partial charge in [0, 0.05) is 31.7 Å². The van der Waals surface area contributed by atoms with E-state index < -0.39 is 10.2 Å². The topological polar surface area (TPSA) is 66.6 Å². The number of rotatable bonds is 5. The molecule has 0 amide bonds. The van der Waals surface area contributed by atoms with Crippen LogP contribution in [0.25, 0.3) is 0 Å². The van der Waals surface area contributed by atoms with Crippen LogP contribution < -0.4 is 5.73 Å². The van der Waals surface area contributed by atoms with E-state index in [9.17, 15) is 8.42 Å². The van der Waals surface area contributed by atoms with Crippen LogP contribution in [0.3, 0.4) is 0 Å². The summed E-state index contributed by atoms with van der Waals surface area (Å²) in [6, 6.07) is 0.186. The van der Waals surface area contributed by atoms with Crippen molar-refractivity contribution in [2.24, 2.45) is 5.73 Å². The lowest BCUT2D eigenvalue weighted by Crippen LogP contribution is -2.55. The fourth-order valence-corrected chi connectivity index (χ4v) is 5.74. The minimum absolute atomic E-state index is 0.00797. The Labute approximate surface area is 123 Å². The fraction of sp³-hybridized carbons (Fsp3) is 1.00. The molecule has 2 aliphatic rings. The average Bonchev–Trinajstić information content (AvgIpc) is 2.48. The van der Waals surface area contributed by atoms with Crippen LogP contribution in [0.4, 0.5) is 0 Å². The first-order chi connectivity index (χ1) is 9.61. The number of nitrogens with two attached hydrogens (primary N) is 1. The molecule has 1 aliphatic carbocycles. The van der Waals surface area contributed by atoms with Crippen molar-refractivity contribution in [3.63, 3.8) is 0 Å². The third-order valence-electron chi connectivity index (χ3n) is 4.73. The van der Waals surface area contributed by atoms with Crippen molar-refractivity contribution in [1.82, 2.24) is 8.61 Å². The van der Waals surface area contributed by atoms with E-state index in [-0.39, 0.29) is 12.1 Å². The van der Waals surface area contributed by atoms with Gasteiger partial charge >= 0.3 is 0 Å². The normalized spacial score (nSPS) is 27.1. The highest BCUT2D eigenvalue weighted by atomic mass is 32.2. The zero-order valence-electron chi connectivity index (χ0n) is 12.6. The van der Waals surface area contributed by atoms with E-state index in [2.05, 4.69) is 0 Å². The van der Waals surface area contributed by atoms with Crippen molar-refractivity contribution in [2.45, 2.75) is 70.4 Å². The molecular formula is C14H29N3O2S. The lowest BCUT2D eigenvalue weighted by atomic mass is 9.95. The molecule has 2 fully saturated rings. The largest absolute Gasteiger partial charge is 0.329 e. The molecule has 0 radical (unpaired) electrons. The summed E-state index contributed by atoms with van der Waals surface area (Å²) in [5.41, 5.74) is 5.79. The zero-order valence-corrected chi connectivity index (χ0v) is 13.4. The molecule has 6 heteroatoms. The van der Waals surface area contributed by atoms with Crippen molar-refractivity contribution in [3.05, 3.63) is 0 Å². The Morgan fingerprint density at radius 1 is 1.10 bits per heavy atom. The maximum absolute atomic E-state index is 13.0. The lowest BCUT2D eigenvalue weighted by Gasteiger charge is -2.40. The van der Waals surface area contributed by atoms with Crippen LogP contribution in [0, 0.1) is 0 Å².